The molecule has 0 aliphatic rings. The molecule has 0 radical (unpaired) electrons. The number of nitrogens with zero attached hydrogens (tertiary/aromatic N) is 1. The van der Waals surface area contributed by atoms with Crippen LogP contribution in [0.15, 0.2) is 30.3 Å². The van der Waals surface area contributed by atoms with Crippen LogP contribution < -0.4 is 0 Å². The predicted octanol–water partition coefficient (Wildman–Crippen LogP) is 2.87. The predicted molar refractivity (Wildman–Crippen MR) is 65.8 cm³/mol. The van der Waals surface area contributed by atoms with Crippen molar-refractivity contribution in [3.63, 3.8) is 0 Å². The summed E-state index contributed by atoms with van der Waals surface area (Å²) in [6.07, 6.45) is 0. The van der Waals surface area contributed by atoms with E-state index in [4.69, 9.17) is 0 Å². The summed E-state index contributed by atoms with van der Waals surface area (Å²) in [6.45, 7) is 2.26. The maximum absolute atomic E-state index is 2.26. The van der Waals surface area contributed by atoms with Gasteiger partial charge in [-0.3, -0.25) is 0 Å². The molecule has 1 aromatic carbocycles. The zero-order valence-corrected chi connectivity index (χ0v) is 10.1. The van der Waals surface area contributed by atoms with E-state index in [2.05, 4.69) is 56.3 Å². The van der Waals surface area contributed by atoms with Gasteiger partial charge in [-0.15, -0.1) is 0 Å². The normalized spacial score (nSPS) is 13.1. The Bertz CT molecular complexity index is 246. The van der Waals surface area contributed by atoms with E-state index < -0.39 is 0 Å². The fourth-order valence-corrected chi connectivity index (χ4v) is 2.26. The molecular weight excluding hydrogens is 190 g/mol. The third-order valence-corrected chi connectivity index (χ3v) is 3.61. The zero-order chi connectivity index (χ0) is 10.4. The first-order valence-corrected chi connectivity index (χ1v) is 6.13. The molecule has 1 aromatic rings. The van der Waals surface area contributed by atoms with Crippen LogP contribution in [-0.4, -0.2) is 30.8 Å². The Balaban J connectivity index is 2.22. The maximum atomic E-state index is 2.26. The average Bonchev–Trinajstić information content (AvgIpc) is 2.19. The molecule has 1 rings (SSSR count). The minimum Gasteiger partial charge on any atom is -0.306 e. The first-order chi connectivity index (χ1) is 6.70. The zero-order valence-electron chi connectivity index (χ0n) is 9.23. The molecular formula is C12H19NS. The molecule has 0 bridgehead atoms. The van der Waals surface area contributed by atoms with Crippen LogP contribution in [0.4, 0.5) is 0 Å². The van der Waals surface area contributed by atoms with Crippen LogP contribution in [0, 0.1) is 0 Å². The number of thioether (sulfide) groups is 1. The molecule has 0 spiro atoms. The first kappa shape index (κ1) is 11.6. The minimum atomic E-state index is 0.656. The molecule has 2 heteroatoms. The SMILES string of the molecule is CC(CSCc1ccccc1)N(C)C. The van der Waals surface area contributed by atoms with Crippen molar-refractivity contribution in [2.45, 2.75) is 18.7 Å². The summed E-state index contributed by atoms with van der Waals surface area (Å²) in [5, 5.41) is 0. The summed E-state index contributed by atoms with van der Waals surface area (Å²) in [7, 11) is 4.27. The Morgan fingerprint density at radius 3 is 2.43 bits per heavy atom. The van der Waals surface area contributed by atoms with Crippen LogP contribution >= 0.6 is 11.8 Å². The van der Waals surface area contributed by atoms with E-state index in [0.29, 0.717) is 6.04 Å². The second-order valence-corrected chi connectivity index (χ2v) is 4.84. The van der Waals surface area contributed by atoms with E-state index in [1.807, 2.05) is 11.8 Å². The fraction of sp³-hybridized carbons (Fsp3) is 0.500. The second kappa shape index (κ2) is 6.10. The number of hydrogen-bond donors (Lipinski definition) is 0. The van der Waals surface area contributed by atoms with Crippen LogP contribution in [0.25, 0.3) is 0 Å². The van der Waals surface area contributed by atoms with Gasteiger partial charge in [0.25, 0.3) is 0 Å². The van der Waals surface area contributed by atoms with E-state index in [1.54, 1.807) is 0 Å². The third kappa shape index (κ3) is 4.16. The third-order valence-electron chi connectivity index (χ3n) is 2.35. The Labute approximate surface area is 91.5 Å². The van der Waals surface area contributed by atoms with Crippen LogP contribution in [0.2, 0.25) is 0 Å². The van der Waals surface area contributed by atoms with Gasteiger partial charge in [-0.1, -0.05) is 30.3 Å². The van der Waals surface area contributed by atoms with Gasteiger partial charge in [0.2, 0.25) is 0 Å². The lowest BCUT2D eigenvalue weighted by molar-refractivity contribution is 0.340. The van der Waals surface area contributed by atoms with Gasteiger partial charge < -0.3 is 4.90 Å². The van der Waals surface area contributed by atoms with Crippen molar-refractivity contribution in [3.8, 4) is 0 Å². The molecule has 1 nitrogen and oxygen atoms in total. The average molecular weight is 209 g/mol. The molecule has 0 N–H and O–H groups in total. The molecule has 1 atom stereocenters. The largest absolute Gasteiger partial charge is 0.306 e. The summed E-state index contributed by atoms with van der Waals surface area (Å²) < 4.78 is 0. The lowest BCUT2D eigenvalue weighted by atomic mass is 10.2. The number of hydrogen-bond acceptors (Lipinski definition) is 2. The highest BCUT2D eigenvalue weighted by Gasteiger charge is 2.03. The molecule has 0 saturated heterocycles. The number of benzene rings is 1. The lowest BCUT2D eigenvalue weighted by Crippen LogP contribution is -2.26. The smallest absolute Gasteiger partial charge is 0.0185 e. The van der Waals surface area contributed by atoms with Crippen molar-refractivity contribution in [3.05, 3.63) is 35.9 Å². The van der Waals surface area contributed by atoms with Gasteiger partial charge in [0.1, 0.15) is 0 Å². The van der Waals surface area contributed by atoms with E-state index in [1.165, 1.54) is 11.3 Å². The van der Waals surface area contributed by atoms with E-state index >= 15 is 0 Å². The van der Waals surface area contributed by atoms with Crippen LogP contribution in [0.1, 0.15) is 12.5 Å². The van der Waals surface area contributed by atoms with Crippen LogP contribution in [0.5, 0.6) is 0 Å². The molecule has 0 aliphatic carbocycles. The summed E-state index contributed by atoms with van der Waals surface area (Å²) in [5.74, 6) is 2.32. The Morgan fingerprint density at radius 2 is 1.86 bits per heavy atom. The van der Waals surface area contributed by atoms with Crippen molar-refractivity contribution in [1.29, 1.82) is 0 Å². The standard InChI is InChI=1S/C12H19NS/c1-11(13(2)3)9-14-10-12-7-5-4-6-8-12/h4-8,11H,9-10H2,1-3H3. The Morgan fingerprint density at radius 1 is 1.21 bits per heavy atom. The summed E-state index contributed by atoms with van der Waals surface area (Å²) >= 11 is 2.00. The second-order valence-electron chi connectivity index (χ2n) is 3.81. The summed E-state index contributed by atoms with van der Waals surface area (Å²) in [6, 6.07) is 11.3. The molecule has 1 unspecified atom stereocenters. The molecule has 0 saturated carbocycles. The Kier molecular flexibility index (Phi) is 5.05. The highest BCUT2D eigenvalue weighted by atomic mass is 32.2. The molecule has 0 aromatic heterocycles. The van der Waals surface area contributed by atoms with Gasteiger partial charge in [0.15, 0.2) is 0 Å². The molecule has 0 heterocycles. The van der Waals surface area contributed by atoms with Gasteiger partial charge in [0, 0.05) is 17.5 Å². The highest BCUT2D eigenvalue weighted by molar-refractivity contribution is 7.98. The lowest BCUT2D eigenvalue weighted by Gasteiger charge is -2.18. The van der Waals surface area contributed by atoms with Crippen molar-refractivity contribution >= 4 is 11.8 Å². The minimum absolute atomic E-state index is 0.656. The van der Waals surface area contributed by atoms with E-state index in [9.17, 15) is 0 Å². The maximum Gasteiger partial charge on any atom is 0.0185 e. The van der Waals surface area contributed by atoms with Crippen molar-refractivity contribution in [2.24, 2.45) is 0 Å². The highest BCUT2D eigenvalue weighted by Crippen LogP contribution is 2.13. The molecule has 0 amide bonds. The summed E-state index contributed by atoms with van der Waals surface area (Å²) in [5.41, 5.74) is 1.42. The monoisotopic (exact) mass is 209 g/mol. The van der Waals surface area contributed by atoms with E-state index in [0.717, 1.165) is 5.75 Å². The van der Waals surface area contributed by atoms with Gasteiger partial charge in [-0.05, 0) is 26.6 Å². The first-order valence-electron chi connectivity index (χ1n) is 4.98. The quantitative estimate of drug-likeness (QED) is 0.733. The molecule has 78 valence electrons. The van der Waals surface area contributed by atoms with Gasteiger partial charge in [-0.2, -0.15) is 11.8 Å². The van der Waals surface area contributed by atoms with E-state index in [-0.39, 0.29) is 0 Å². The molecule has 0 fully saturated rings. The fourth-order valence-electron chi connectivity index (χ4n) is 1.07. The van der Waals surface area contributed by atoms with Crippen molar-refractivity contribution in [1.82, 2.24) is 4.90 Å². The van der Waals surface area contributed by atoms with Gasteiger partial charge in [0.05, 0.1) is 0 Å². The summed E-state index contributed by atoms with van der Waals surface area (Å²) in [4.78, 5) is 2.26. The van der Waals surface area contributed by atoms with Crippen molar-refractivity contribution < 1.29 is 0 Å². The Hall–Kier alpha value is -0.470. The van der Waals surface area contributed by atoms with Crippen LogP contribution in [-0.2, 0) is 5.75 Å². The molecule has 0 aliphatic heterocycles. The molecule has 14 heavy (non-hydrogen) atoms. The van der Waals surface area contributed by atoms with Crippen LogP contribution in [0.3, 0.4) is 0 Å². The van der Waals surface area contributed by atoms with Gasteiger partial charge >= 0.3 is 0 Å². The van der Waals surface area contributed by atoms with Gasteiger partial charge in [-0.25, -0.2) is 0 Å². The van der Waals surface area contributed by atoms with Crippen molar-refractivity contribution in [2.75, 3.05) is 19.8 Å². The number of rotatable bonds is 5. The topological polar surface area (TPSA) is 3.24 Å².